The standard InChI is InChI=1S/C61H40N6/c1-6-19-41(20-7-1)46-29-16-31-49(37-46)59-64-58(45-27-14-5-15-28-45)65-60(66-59)50-32-17-30-48(38-50)51-33-18-34-56-57(51)52-39-47(42-21-8-2-9-22-42)35-36-55(52)67(56)61-62-53(43-23-10-3-11-24-43)40-54(63-61)44-25-12-4-13-26-44/h1-40H. The molecule has 12 aromatic rings. The average Bonchev–Trinajstić information content (AvgIpc) is 3.76. The molecule has 0 amide bonds. The third-order valence-electron chi connectivity index (χ3n) is 12.3. The summed E-state index contributed by atoms with van der Waals surface area (Å²) >= 11 is 0. The first-order valence-electron chi connectivity index (χ1n) is 22.4. The summed E-state index contributed by atoms with van der Waals surface area (Å²) in [4.78, 5) is 26.1. The Hall–Kier alpha value is -9.13. The summed E-state index contributed by atoms with van der Waals surface area (Å²) < 4.78 is 2.22. The van der Waals surface area contributed by atoms with Crippen LogP contribution < -0.4 is 0 Å². The van der Waals surface area contributed by atoms with Crippen LogP contribution in [-0.4, -0.2) is 29.5 Å². The van der Waals surface area contributed by atoms with Crippen molar-refractivity contribution in [1.82, 2.24) is 29.5 Å². The van der Waals surface area contributed by atoms with Gasteiger partial charge in [0.15, 0.2) is 17.5 Å². The van der Waals surface area contributed by atoms with Crippen molar-refractivity contribution in [2.24, 2.45) is 0 Å². The lowest BCUT2D eigenvalue weighted by Crippen LogP contribution is -2.04. The van der Waals surface area contributed by atoms with E-state index in [4.69, 9.17) is 24.9 Å². The third-order valence-corrected chi connectivity index (χ3v) is 12.3. The summed E-state index contributed by atoms with van der Waals surface area (Å²) in [6.45, 7) is 0. The fraction of sp³-hybridized carbons (Fsp3) is 0. The SMILES string of the molecule is c1ccc(-c2cccc(-c3nc(-c4ccccc4)nc(-c4cccc(-c5cccc6c5c5cc(-c7ccccc7)ccc5n6-c5nc(-c6ccccc6)cc(-c6ccccc6)n5)c4)n3)c2)cc1. The van der Waals surface area contributed by atoms with E-state index in [0.717, 1.165) is 94.4 Å². The second kappa shape index (κ2) is 17.1. The molecule has 6 heteroatoms. The van der Waals surface area contributed by atoms with Crippen LogP contribution in [0.1, 0.15) is 0 Å². The Kier molecular flexibility index (Phi) is 10.1. The average molecular weight is 857 g/mol. The zero-order chi connectivity index (χ0) is 44.5. The highest BCUT2D eigenvalue weighted by Crippen LogP contribution is 2.41. The molecule has 0 spiro atoms. The van der Waals surface area contributed by atoms with Crippen LogP contribution in [0.15, 0.2) is 243 Å². The maximum absolute atomic E-state index is 5.33. The summed E-state index contributed by atoms with van der Waals surface area (Å²) in [5.74, 6) is 2.41. The van der Waals surface area contributed by atoms with Crippen LogP contribution in [0.25, 0.3) is 118 Å². The van der Waals surface area contributed by atoms with Crippen molar-refractivity contribution in [2.75, 3.05) is 0 Å². The molecule has 0 radical (unpaired) electrons. The van der Waals surface area contributed by atoms with Crippen LogP contribution >= 0.6 is 0 Å². The molecule has 0 saturated heterocycles. The van der Waals surface area contributed by atoms with Gasteiger partial charge in [0.2, 0.25) is 5.95 Å². The highest BCUT2D eigenvalue weighted by atomic mass is 15.2. The van der Waals surface area contributed by atoms with Crippen molar-refractivity contribution in [3.05, 3.63) is 243 Å². The van der Waals surface area contributed by atoms with Crippen molar-refractivity contribution in [3.8, 4) is 96.0 Å². The van der Waals surface area contributed by atoms with E-state index in [2.05, 4.69) is 199 Å². The lowest BCUT2D eigenvalue weighted by molar-refractivity contribution is 0.996. The number of rotatable bonds is 9. The monoisotopic (exact) mass is 856 g/mol. The molecule has 9 aromatic carbocycles. The van der Waals surface area contributed by atoms with Gasteiger partial charge in [0.25, 0.3) is 0 Å². The number of fused-ring (bicyclic) bond motifs is 3. The van der Waals surface area contributed by atoms with E-state index >= 15 is 0 Å². The highest BCUT2D eigenvalue weighted by Gasteiger charge is 2.21. The Balaban J connectivity index is 1.06. The summed E-state index contributed by atoms with van der Waals surface area (Å²) in [6.07, 6.45) is 0. The molecule has 0 fully saturated rings. The van der Waals surface area contributed by atoms with Crippen LogP contribution in [0.4, 0.5) is 0 Å². The molecule has 6 nitrogen and oxygen atoms in total. The van der Waals surface area contributed by atoms with E-state index in [1.807, 2.05) is 48.5 Å². The van der Waals surface area contributed by atoms with Gasteiger partial charge in [0, 0.05) is 38.6 Å². The minimum Gasteiger partial charge on any atom is -0.278 e. The summed E-state index contributed by atoms with van der Waals surface area (Å²) in [5.41, 5.74) is 15.1. The molecule has 12 rings (SSSR count). The quantitative estimate of drug-likeness (QED) is 0.145. The number of hydrogen-bond acceptors (Lipinski definition) is 5. The Morgan fingerprint density at radius 2 is 0.672 bits per heavy atom. The predicted octanol–water partition coefficient (Wildman–Crippen LogP) is 15.1. The van der Waals surface area contributed by atoms with Crippen LogP contribution in [0, 0.1) is 0 Å². The molecule has 3 heterocycles. The third kappa shape index (κ3) is 7.62. The maximum atomic E-state index is 5.33. The zero-order valence-corrected chi connectivity index (χ0v) is 36.3. The lowest BCUT2D eigenvalue weighted by Gasteiger charge is -2.12. The topological polar surface area (TPSA) is 69.4 Å². The summed E-state index contributed by atoms with van der Waals surface area (Å²) in [6, 6.07) is 84.0. The first-order chi connectivity index (χ1) is 33.2. The van der Waals surface area contributed by atoms with Gasteiger partial charge in [0.1, 0.15) is 0 Å². The second-order valence-electron chi connectivity index (χ2n) is 16.5. The molecule has 3 aromatic heterocycles. The molecule has 314 valence electrons. The molecule has 0 saturated carbocycles. The summed E-state index contributed by atoms with van der Waals surface area (Å²) in [7, 11) is 0. The lowest BCUT2D eigenvalue weighted by atomic mass is 9.96. The van der Waals surface area contributed by atoms with E-state index in [9.17, 15) is 0 Å². The number of aromatic nitrogens is 6. The second-order valence-corrected chi connectivity index (χ2v) is 16.5. The zero-order valence-electron chi connectivity index (χ0n) is 36.3. The fourth-order valence-electron chi connectivity index (χ4n) is 9.03. The van der Waals surface area contributed by atoms with Gasteiger partial charge in [-0.2, -0.15) is 0 Å². The molecular weight excluding hydrogens is 817 g/mol. The van der Waals surface area contributed by atoms with Crippen LogP contribution in [0.3, 0.4) is 0 Å². The van der Waals surface area contributed by atoms with Crippen molar-refractivity contribution < 1.29 is 0 Å². The Morgan fingerprint density at radius 3 is 1.22 bits per heavy atom. The normalized spacial score (nSPS) is 11.3. The van der Waals surface area contributed by atoms with Crippen molar-refractivity contribution >= 4 is 21.8 Å². The van der Waals surface area contributed by atoms with Crippen molar-refractivity contribution in [3.63, 3.8) is 0 Å². The molecule has 67 heavy (non-hydrogen) atoms. The van der Waals surface area contributed by atoms with E-state index < -0.39 is 0 Å². The molecule has 0 bridgehead atoms. The van der Waals surface area contributed by atoms with E-state index in [1.165, 1.54) is 0 Å². The first kappa shape index (κ1) is 39.5. The minimum absolute atomic E-state index is 0.594. The Bertz CT molecular complexity index is 3660. The Labute approximate surface area is 388 Å². The van der Waals surface area contributed by atoms with Crippen molar-refractivity contribution in [2.45, 2.75) is 0 Å². The molecule has 0 atom stereocenters. The molecule has 0 aliphatic rings. The van der Waals surface area contributed by atoms with Gasteiger partial charge in [0.05, 0.1) is 22.4 Å². The molecular formula is C61H40N6. The molecule has 0 aliphatic carbocycles. The largest absolute Gasteiger partial charge is 0.278 e. The molecule has 0 unspecified atom stereocenters. The molecule has 0 aliphatic heterocycles. The minimum atomic E-state index is 0.594. The molecule has 0 N–H and O–H groups in total. The van der Waals surface area contributed by atoms with Crippen LogP contribution in [0.2, 0.25) is 0 Å². The van der Waals surface area contributed by atoms with Gasteiger partial charge in [-0.3, -0.25) is 4.57 Å². The maximum Gasteiger partial charge on any atom is 0.235 e. The van der Waals surface area contributed by atoms with Crippen LogP contribution in [0.5, 0.6) is 0 Å². The summed E-state index contributed by atoms with van der Waals surface area (Å²) in [5, 5.41) is 2.20. The van der Waals surface area contributed by atoms with Crippen LogP contribution in [-0.2, 0) is 0 Å². The van der Waals surface area contributed by atoms with Gasteiger partial charge in [-0.1, -0.05) is 206 Å². The Morgan fingerprint density at radius 1 is 0.254 bits per heavy atom. The van der Waals surface area contributed by atoms with E-state index in [-0.39, 0.29) is 0 Å². The number of benzene rings is 9. The first-order valence-corrected chi connectivity index (χ1v) is 22.4. The number of nitrogens with zero attached hydrogens (tertiary/aromatic N) is 6. The van der Waals surface area contributed by atoms with Gasteiger partial charge >= 0.3 is 0 Å². The van der Waals surface area contributed by atoms with E-state index in [0.29, 0.717) is 23.4 Å². The fourth-order valence-corrected chi connectivity index (χ4v) is 9.03. The van der Waals surface area contributed by atoms with Gasteiger partial charge in [-0.15, -0.1) is 0 Å². The highest BCUT2D eigenvalue weighted by molar-refractivity contribution is 6.16. The van der Waals surface area contributed by atoms with Gasteiger partial charge < -0.3 is 0 Å². The van der Waals surface area contributed by atoms with Crippen molar-refractivity contribution in [1.29, 1.82) is 0 Å². The number of hydrogen-bond donors (Lipinski definition) is 0. The van der Waals surface area contributed by atoms with Gasteiger partial charge in [-0.05, 0) is 69.8 Å². The predicted molar refractivity (Wildman–Crippen MR) is 273 cm³/mol. The van der Waals surface area contributed by atoms with E-state index in [1.54, 1.807) is 0 Å². The smallest absolute Gasteiger partial charge is 0.235 e. The van der Waals surface area contributed by atoms with Gasteiger partial charge in [-0.25, -0.2) is 24.9 Å².